The number of Topliss-reactive ketones (excluding diaryl/α,β-unsaturated/α-hetero) is 1. The molecular formula is C32H39ClFN3O9. The number of ether oxygens (including phenoxy) is 3. The quantitative estimate of drug-likeness (QED) is 0.177. The minimum atomic E-state index is -1.33. The Balaban J connectivity index is 1.78. The first-order valence-electron chi connectivity index (χ1n) is 14.6. The Kier molecular flexibility index (Phi) is 11.6. The maximum absolute atomic E-state index is 13.8. The lowest BCUT2D eigenvalue weighted by atomic mass is 9.85. The van der Waals surface area contributed by atoms with E-state index in [0.29, 0.717) is 29.7 Å². The van der Waals surface area contributed by atoms with Gasteiger partial charge in [-0.15, -0.1) is 0 Å². The van der Waals surface area contributed by atoms with Crippen molar-refractivity contribution in [3.8, 4) is 5.75 Å². The van der Waals surface area contributed by atoms with E-state index in [9.17, 15) is 33.5 Å². The van der Waals surface area contributed by atoms with Crippen molar-refractivity contribution >= 4 is 41.4 Å². The van der Waals surface area contributed by atoms with Crippen molar-refractivity contribution in [2.24, 2.45) is 0 Å². The molecule has 4 N–H and O–H groups in total. The fraction of sp³-hybridized carbons (Fsp3) is 0.469. The summed E-state index contributed by atoms with van der Waals surface area (Å²) in [6, 6.07) is 5.64. The molecule has 0 spiro atoms. The fourth-order valence-corrected chi connectivity index (χ4v) is 4.94. The molecule has 46 heavy (non-hydrogen) atoms. The first kappa shape index (κ1) is 36.1. The summed E-state index contributed by atoms with van der Waals surface area (Å²) in [6.07, 6.45) is -2.12. The van der Waals surface area contributed by atoms with Gasteiger partial charge in [-0.05, 0) is 97.2 Å². The Morgan fingerprint density at radius 2 is 1.72 bits per heavy atom. The smallest absolute Gasteiger partial charge is 0.408 e. The third kappa shape index (κ3) is 9.80. The van der Waals surface area contributed by atoms with Gasteiger partial charge in [0, 0.05) is 23.2 Å². The number of carbonyl (C=O) groups is 5. The Hall–Kier alpha value is -4.39. The van der Waals surface area contributed by atoms with Crippen LogP contribution >= 0.6 is 11.6 Å². The molecule has 0 radical (unpaired) electrons. The molecule has 0 unspecified atom stereocenters. The van der Waals surface area contributed by atoms with Crippen LogP contribution < -0.4 is 20.7 Å². The Morgan fingerprint density at radius 3 is 2.33 bits per heavy atom. The Labute approximate surface area is 271 Å². The number of rotatable bonds is 11. The van der Waals surface area contributed by atoms with Crippen LogP contribution in [-0.4, -0.2) is 64.8 Å². The van der Waals surface area contributed by atoms with Gasteiger partial charge in [-0.1, -0.05) is 11.6 Å². The highest BCUT2D eigenvalue weighted by molar-refractivity contribution is 6.31. The number of fused-ring (bicyclic) bond motifs is 1. The van der Waals surface area contributed by atoms with Crippen LogP contribution in [0.2, 0.25) is 5.02 Å². The van der Waals surface area contributed by atoms with Crippen LogP contribution in [0, 0.1) is 5.82 Å². The number of carboxylic acid groups (broad SMARTS) is 1. The van der Waals surface area contributed by atoms with E-state index >= 15 is 0 Å². The number of hydrogen-bond donors (Lipinski definition) is 4. The van der Waals surface area contributed by atoms with Crippen LogP contribution in [-0.2, 0) is 14.3 Å². The van der Waals surface area contributed by atoms with Crippen molar-refractivity contribution in [3.05, 3.63) is 63.9 Å². The lowest BCUT2D eigenvalue weighted by molar-refractivity contribution is -0.139. The van der Waals surface area contributed by atoms with Crippen molar-refractivity contribution < 1.29 is 47.7 Å². The molecule has 0 aliphatic carbocycles. The van der Waals surface area contributed by atoms with Gasteiger partial charge in [0.1, 0.15) is 28.8 Å². The first-order valence-corrected chi connectivity index (χ1v) is 15.0. The van der Waals surface area contributed by atoms with Gasteiger partial charge in [-0.2, -0.15) is 0 Å². The SMILES string of the molecule is CC(=O)c1ccc2c(c1)[C@H](NC(=O)c1ccc(F)c(Cl)c1)[C@H](OC(=O)N[C@@H](CCCCNC(=O)OC(C)(C)C)C(=O)O)C(C)(C)O2. The van der Waals surface area contributed by atoms with E-state index in [1.165, 1.54) is 19.1 Å². The van der Waals surface area contributed by atoms with Crippen molar-refractivity contribution in [2.45, 2.75) is 90.2 Å². The summed E-state index contributed by atoms with van der Waals surface area (Å²) in [5, 5.41) is 17.2. The zero-order chi connectivity index (χ0) is 34.4. The molecule has 12 nitrogen and oxygen atoms in total. The van der Waals surface area contributed by atoms with Gasteiger partial charge in [-0.3, -0.25) is 9.59 Å². The monoisotopic (exact) mass is 663 g/mol. The van der Waals surface area contributed by atoms with E-state index in [1.54, 1.807) is 46.8 Å². The normalized spacial score (nSPS) is 17.4. The van der Waals surface area contributed by atoms with Crippen LogP contribution in [0.3, 0.4) is 0 Å². The number of amides is 3. The maximum Gasteiger partial charge on any atom is 0.408 e. The standard InChI is InChI=1S/C32H39ClFN3O9/c1-17(38)18-11-13-24-20(15-18)25(37-27(39)19-10-12-22(34)21(33)16-19)26(32(5,6)45-24)44-30(43)36-23(28(40)41)9-7-8-14-35-29(42)46-31(2,3)4/h10-13,15-16,23,25-26H,7-9,14H2,1-6H3,(H,35,42)(H,36,43)(H,37,39)(H,40,41)/t23-,25-,26-/m0/s1. The van der Waals surface area contributed by atoms with E-state index in [2.05, 4.69) is 16.0 Å². The predicted octanol–water partition coefficient (Wildman–Crippen LogP) is 5.57. The lowest BCUT2D eigenvalue weighted by Gasteiger charge is -2.44. The molecule has 1 aliphatic heterocycles. The van der Waals surface area contributed by atoms with Crippen LogP contribution in [0.4, 0.5) is 14.0 Å². The molecule has 3 rings (SSSR count). The number of carbonyl (C=O) groups excluding carboxylic acids is 4. The second-order valence-electron chi connectivity index (χ2n) is 12.4. The molecule has 14 heteroatoms. The number of benzene rings is 2. The van der Waals surface area contributed by atoms with Crippen molar-refractivity contribution in [2.75, 3.05) is 6.54 Å². The minimum Gasteiger partial charge on any atom is -0.484 e. The number of carboxylic acids is 1. The first-order chi connectivity index (χ1) is 21.4. The molecular weight excluding hydrogens is 625 g/mol. The summed E-state index contributed by atoms with van der Waals surface area (Å²) in [5.74, 6) is -2.64. The van der Waals surface area contributed by atoms with Gasteiger partial charge in [0.05, 0.1) is 11.1 Å². The highest BCUT2D eigenvalue weighted by atomic mass is 35.5. The summed E-state index contributed by atoms with van der Waals surface area (Å²) in [4.78, 5) is 62.4. The van der Waals surface area contributed by atoms with Gasteiger partial charge in [0.2, 0.25) is 0 Å². The minimum absolute atomic E-state index is 0.0234. The second kappa shape index (κ2) is 14.8. The van der Waals surface area contributed by atoms with Crippen LogP contribution in [0.1, 0.15) is 93.1 Å². The van der Waals surface area contributed by atoms with Crippen LogP contribution in [0.15, 0.2) is 36.4 Å². The number of halogens is 2. The van der Waals surface area contributed by atoms with E-state index in [-0.39, 0.29) is 29.3 Å². The summed E-state index contributed by atoms with van der Waals surface area (Å²) < 4.78 is 30.8. The third-order valence-corrected chi connectivity index (χ3v) is 7.28. The molecule has 1 aliphatic rings. The Morgan fingerprint density at radius 1 is 1.04 bits per heavy atom. The van der Waals surface area contributed by atoms with Crippen LogP contribution in [0.5, 0.6) is 5.75 Å². The number of nitrogens with one attached hydrogen (secondary N) is 3. The van der Waals surface area contributed by atoms with Crippen molar-refractivity contribution in [3.63, 3.8) is 0 Å². The molecule has 250 valence electrons. The Bertz CT molecular complexity index is 1490. The summed E-state index contributed by atoms with van der Waals surface area (Å²) >= 11 is 5.88. The molecule has 2 aromatic carbocycles. The van der Waals surface area contributed by atoms with Crippen molar-refractivity contribution in [1.82, 2.24) is 16.0 Å². The average molecular weight is 664 g/mol. The zero-order valence-electron chi connectivity index (χ0n) is 26.5. The van der Waals surface area contributed by atoms with E-state index < -0.39 is 59.3 Å². The summed E-state index contributed by atoms with van der Waals surface area (Å²) in [7, 11) is 0. The second-order valence-corrected chi connectivity index (χ2v) is 12.8. The highest BCUT2D eigenvalue weighted by Gasteiger charge is 2.48. The van der Waals surface area contributed by atoms with Crippen LogP contribution in [0.25, 0.3) is 0 Å². The molecule has 3 amide bonds. The number of alkyl carbamates (subject to hydrolysis) is 2. The molecule has 0 saturated heterocycles. The topological polar surface area (TPSA) is 169 Å². The number of unbranched alkanes of at least 4 members (excludes halogenated alkanes) is 1. The van der Waals surface area contributed by atoms with Gasteiger partial charge in [-0.25, -0.2) is 18.8 Å². The van der Waals surface area contributed by atoms with Gasteiger partial charge < -0.3 is 35.3 Å². The average Bonchev–Trinajstić information content (AvgIpc) is 2.93. The van der Waals surface area contributed by atoms with E-state index in [1.807, 2.05) is 0 Å². The fourth-order valence-electron chi connectivity index (χ4n) is 4.76. The summed E-state index contributed by atoms with van der Waals surface area (Å²) in [6.45, 7) is 10.0. The molecule has 1 heterocycles. The molecule has 3 atom stereocenters. The van der Waals surface area contributed by atoms with Gasteiger partial charge >= 0.3 is 18.2 Å². The number of hydrogen-bond acceptors (Lipinski definition) is 8. The summed E-state index contributed by atoms with van der Waals surface area (Å²) in [5.41, 5.74) is -1.25. The van der Waals surface area contributed by atoms with Crippen molar-refractivity contribution in [1.29, 1.82) is 0 Å². The molecule has 0 aromatic heterocycles. The molecule has 0 saturated carbocycles. The third-order valence-electron chi connectivity index (χ3n) is 6.99. The molecule has 0 bridgehead atoms. The lowest BCUT2D eigenvalue weighted by Crippen LogP contribution is -2.57. The van der Waals surface area contributed by atoms with E-state index in [0.717, 1.165) is 12.1 Å². The number of ketones is 1. The molecule has 2 aromatic rings. The predicted molar refractivity (Wildman–Crippen MR) is 166 cm³/mol. The highest BCUT2D eigenvalue weighted by Crippen LogP contribution is 2.42. The number of aliphatic carboxylic acids is 1. The molecule has 0 fully saturated rings. The van der Waals surface area contributed by atoms with E-state index in [4.69, 9.17) is 25.8 Å². The maximum atomic E-state index is 13.8. The van der Waals surface area contributed by atoms with Gasteiger partial charge in [0.25, 0.3) is 5.91 Å². The largest absolute Gasteiger partial charge is 0.484 e. The van der Waals surface area contributed by atoms with Gasteiger partial charge in [0.15, 0.2) is 11.9 Å². The zero-order valence-corrected chi connectivity index (χ0v) is 27.2.